The first-order valence-electron chi connectivity index (χ1n) is 11.9. The van der Waals surface area contributed by atoms with Gasteiger partial charge in [0.2, 0.25) is 11.8 Å². The van der Waals surface area contributed by atoms with Gasteiger partial charge in [-0.25, -0.2) is 0 Å². The van der Waals surface area contributed by atoms with E-state index >= 15 is 0 Å². The molecule has 6 nitrogen and oxygen atoms in total. The molecule has 3 aliphatic heterocycles. The van der Waals surface area contributed by atoms with Crippen LogP contribution in [0.2, 0.25) is 0 Å². The zero-order valence-electron chi connectivity index (χ0n) is 18.8. The molecule has 0 spiro atoms. The van der Waals surface area contributed by atoms with E-state index < -0.39 is 0 Å². The first-order chi connectivity index (χ1) is 15.0. The average Bonchev–Trinajstić information content (AvgIpc) is 3.07. The van der Waals surface area contributed by atoms with Crippen molar-refractivity contribution < 1.29 is 14.3 Å². The van der Waals surface area contributed by atoms with Gasteiger partial charge in [-0.05, 0) is 37.7 Å². The zero-order valence-corrected chi connectivity index (χ0v) is 18.8. The number of piperidine rings is 1. The minimum absolute atomic E-state index is 0.00242. The Balaban J connectivity index is 1.48. The summed E-state index contributed by atoms with van der Waals surface area (Å²) in [7, 11) is 0. The molecule has 3 heterocycles. The summed E-state index contributed by atoms with van der Waals surface area (Å²) in [5.74, 6) is 0.398. The number of morpholine rings is 1. The molecular formula is C25H35N3O3. The summed E-state index contributed by atoms with van der Waals surface area (Å²) in [6, 6.07) is 11.1. The molecule has 31 heavy (non-hydrogen) atoms. The molecule has 2 amide bonds. The summed E-state index contributed by atoms with van der Waals surface area (Å²) >= 11 is 0. The van der Waals surface area contributed by atoms with Gasteiger partial charge in [0.1, 0.15) is 0 Å². The van der Waals surface area contributed by atoms with Crippen molar-refractivity contribution in [2.45, 2.75) is 70.1 Å². The molecular weight excluding hydrogens is 390 g/mol. The summed E-state index contributed by atoms with van der Waals surface area (Å²) in [4.78, 5) is 33.3. The highest BCUT2D eigenvalue weighted by atomic mass is 16.5. The van der Waals surface area contributed by atoms with Crippen LogP contribution in [0.15, 0.2) is 30.3 Å². The summed E-state index contributed by atoms with van der Waals surface area (Å²) in [5.41, 5.74) is 1.24. The van der Waals surface area contributed by atoms with Gasteiger partial charge >= 0.3 is 0 Å². The third kappa shape index (κ3) is 3.58. The largest absolute Gasteiger partial charge is 0.379 e. The smallest absolute Gasteiger partial charge is 0.237 e. The number of amides is 2. The second-order valence-electron chi connectivity index (χ2n) is 10.1. The fraction of sp³-hybridized carbons (Fsp3) is 0.680. The molecule has 0 unspecified atom stereocenters. The fourth-order valence-electron chi connectivity index (χ4n) is 7.02. The second-order valence-corrected chi connectivity index (χ2v) is 10.1. The quantitative estimate of drug-likeness (QED) is 0.743. The summed E-state index contributed by atoms with van der Waals surface area (Å²) < 4.78 is 5.47. The molecule has 4 aliphatic rings. The Morgan fingerprint density at radius 3 is 2.42 bits per heavy atom. The predicted molar refractivity (Wildman–Crippen MR) is 118 cm³/mol. The predicted octanol–water partition coefficient (Wildman–Crippen LogP) is 2.32. The Morgan fingerprint density at radius 1 is 1.06 bits per heavy atom. The van der Waals surface area contributed by atoms with Crippen LogP contribution in [0.1, 0.15) is 45.1 Å². The van der Waals surface area contributed by atoms with Crippen LogP contribution < -0.4 is 0 Å². The summed E-state index contributed by atoms with van der Waals surface area (Å²) in [5, 5.41) is 0. The van der Waals surface area contributed by atoms with E-state index in [1.54, 1.807) is 6.92 Å². The standard InChI is InChI=1S/C25H35N3O3/c1-18(29)27-20(15-19-7-4-3-5-8-19)21-16-25(2)22(27)9-6-10-23(25)28(21)24(30)17-26-11-13-31-14-12-26/h3-5,7-8,20-23H,6,9-17H2,1-2H3/t20-,21-,22+,23-,25+/m0/s1. The van der Waals surface area contributed by atoms with Crippen molar-refractivity contribution in [2.24, 2.45) is 5.41 Å². The highest BCUT2D eigenvalue weighted by molar-refractivity contribution is 5.81. The van der Waals surface area contributed by atoms with E-state index in [1.807, 2.05) is 6.07 Å². The SMILES string of the molecule is CC(=O)N1[C@@H](Cc2ccccc2)[C@@H]2C[C@@]3(C)[C@H](CCC[C@@H]13)N2C(=O)CN1CCOCC1. The van der Waals surface area contributed by atoms with Gasteiger partial charge < -0.3 is 14.5 Å². The van der Waals surface area contributed by atoms with Gasteiger partial charge in [0.05, 0.1) is 31.8 Å². The number of benzene rings is 1. The molecule has 2 bridgehead atoms. The van der Waals surface area contributed by atoms with Gasteiger partial charge in [-0.3, -0.25) is 14.5 Å². The van der Waals surface area contributed by atoms with Gasteiger partial charge in [0.25, 0.3) is 0 Å². The topological polar surface area (TPSA) is 53.1 Å². The van der Waals surface area contributed by atoms with E-state index in [2.05, 4.69) is 45.9 Å². The number of fused-ring (bicyclic) bond motifs is 1. The molecule has 4 fully saturated rings. The Labute approximate surface area is 185 Å². The third-order valence-electron chi connectivity index (χ3n) is 8.36. The zero-order chi connectivity index (χ0) is 21.6. The van der Waals surface area contributed by atoms with Crippen LogP contribution in [-0.4, -0.2) is 83.5 Å². The summed E-state index contributed by atoms with van der Waals surface area (Å²) in [6.07, 6.45) is 5.02. The van der Waals surface area contributed by atoms with Crippen molar-refractivity contribution in [3.05, 3.63) is 35.9 Å². The Bertz CT molecular complexity index is 825. The number of nitrogens with zero attached hydrogens (tertiary/aromatic N) is 3. The number of rotatable bonds is 4. The lowest BCUT2D eigenvalue weighted by atomic mass is 9.64. The van der Waals surface area contributed by atoms with E-state index in [0.717, 1.165) is 45.2 Å². The maximum Gasteiger partial charge on any atom is 0.237 e. The van der Waals surface area contributed by atoms with Crippen molar-refractivity contribution >= 4 is 11.8 Å². The highest BCUT2D eigenvalue weighted by Crippen LogP contribution is 2.56. The molecule has 168 valence electrons. The number of hydrogen-bond acceptors (Lipinski definition) is 4. The number of carbonyl (C=O) groups is 2. The van der Waals surface area contributed by atoms with Gasteiger partial charge in [-0.2, -0.15) is 0 Å². The minimum Gasteiger partial charge on any atom is -0.379 e. The van der Waals surface area contributed by atoms with E-state index in [-0.39, 0.29) is 41.4 Å². The molecule has 3 saturated heterocycles. The second kappa shape index (κ2) is 8.21. The maximum absolute atomic E-state index is 13.7. The van der Waals surface area contributed by atoms with Crippen LogP contribution in [0.3, 0.4) is 0 Å². The van der Waals surface area contributed by atoms with Crippen LogP contribution >= 0.6 is 0 Å². The Hall–Kier alpha value is -1.92. The van der Waals surface area contributed by atoms with Crippen molar-refractivity contribution in [3.63, 3.8) is 0 Å². The molecule has 0 aromatic heterocycles. The molecule has 1 aliphatic carbocycles. The van der Waals surface area contributed by atoms with Crippen LogP contribution in [0.5, 0.6) is 0 Å². The first kappa shape index (κ1) is 21.0. The van der Waals surface area contributed by atoms with E-state index in [4.69, 9.17) is 4.74 Å². The van der Waals surface area contributed by atoms with Gasteiger partial charge in [-0.15, -0.1) is 0 Å². The van der Waals surface area contributed by atoms with Gasteiger partial charge in [-0.1, -0.05) is 37.3 Å². The van der Waals surface area contributed by atoms with Crippen LogP contribution in [0, 0.1) is 5.41 Å². The minimum atomic E-state index is 0.00242. The molecule has 0 radical (unpaired) electrons. The van der Waals surface area contributed by atoms with Crippen LogP contribution in [0.25, 0.3) is 0 Å². The Morgan fingerprint density at radius 2 is 1.74 bits per heavy atom. The van der Waals surface area contributed by atoms with Crippen LogP contribution in [0.4, 0.5) is 0 Å². The van der Waals surface area contributed by atoms with Crippen molar-refractivity contribution in [1.82, 2.24) is 14.7 Å². The third-order valence-corrected chi connectivity index (χ3v) is 8.36. The number of carbonyl (C=O) groups excluding carboxylic acids is 2. The van der Waals surface area contributed by atoms with E-state index in [9.17, 15) is 9.59 Å². The normalized spacial score (nSPS) is 35.3. The fourth-order valence-corrected chi connectivity index (χ4v) is 7.02. The lowest BCUT2D eigenvalue weighted by Crippen LogP contribution is -2.62. The van der Waals surface area contributed by atoms with Crippen LogP contribution in [-0.2, 0) is 20.7 Å². The van der Waals surface area contributed by atoms with Gasteiger partial charge in [0, 0.05) is 37.5 Å². The molecule has 5 atom stereocenters. The van der Waals surface area contributed by atoms with Crippen molar-refractivity contribution in [3.8, 4) is 0 Å². The average molecular weight is 426 g/mol. The first-order valence-corrected chi connectivity index (χ1v) is 11.9. The molecule has 1 aromatic carbocycles. The molecule has 6 heteroatoms. The monoisotopic (exact) mass is 425 g/mol. The van der Waals surface area contributed by atoms with Gasteiger partial charge in [0.15, 0.2) is 0 Å². The molecule has 5 rings (SSSR count). The lowest BCUT2D eigenvalue weighted by Gasteiger charge is -2.52. The number of ether oxygens (including phenoxy) is 1. The van der Waals surface area contributed by atoms with E-state index in [1.165, 1.54) is 5.56 Å². The highest BCUT2D eigenvalue weighted by Gasteiger charge is 2.64. The lowest BCUT2D eigenvalue weighted by molar-refractivity contribution is -0.143. The number of hydrogen-bond donors (Lipinski definition) is 0. The van der Waals surface area contributed by atoms with Crippen molar-refractivity contribution in [2.75, 3.05) is 32.8 Å². The molecule has 0 N–H and O–H groups in total. The summed E-state index contributed by atoms with van der Waals surface area (Å²) in [6.45, 7) is 7.57. The molecule has 1 aromatic rings. The molecule has 1 saturated carbocycles. The Kier molecular flexibility index (Phi) is 5.55. The van der Waals surface area contributed by atoms with E-state index in [0.29, 0.717) is 19.8 Å². The van der Waals surface area contributed by atoms with Crippen molar-refractivity contribution in [1.29, 1.82) is 0 Å². The number of likely N-dealkylation sites (tertiary alicyclic amines) is 2. The maximum atomic E-state index is 13.7.